The number of hydrogen-bond acceptors (Lipinski definition) is 3. The summed E-state index contributed by atoms with van der Waals surface area (Å²) in [5.74, 6) is 0.349. The highest BCUT2D eigenvalue weighted by molar-refractivity contribution is 5.99. The van der Waals surface area contributed by atoms with E-state index in [1.54, 1.807) is 0 Å². The van der Waals surface area contributed by atoms with Crippen molar-refractivity contribution in [2.75, 3.05) is 5.73 Å². The fourth-order valence-electron chi connectivity index (χ4n) is 2.56. The van der Waals surface area contributed by atoms with E-state index in [1.807, 2.05) is 49.4 Å². The van der Waals surface area contributed by atoms with E-state index in [9.17, 15) is 4.79 Å². The Bertz CT molecular complexity index is 692. The molecule has 0 bridgehead atoms. The van der Waals surface area contributed by atoms with Gasteiger partial charge in [-0.05, 0) is 42.5 Å². The lowest BCUT2D eigenvalue weighted by atomic mass is 10.1. The molecule has 2 unspecified atom stereocenters. The molecule has 22 heavy (non-hydrogen) atoms. The zero-order chi connectivity index (χ0) is 15.5. The van der Waals surface area contributed by atoms with Gasteiger partial charge in [0.1, 0.15) is 0 Å². The van der Waals surface area contributed by atoms with Crippen LogP contribution >= 0.6 is 0 Å². The fourth-order valence-corrected chi connectivity index (χ4v) is 2.56. The van der Waals surface area contributed by atoms with Crippen LogP contribution in [-0.2, 0) is 4.79 Å². The minimum Gasteiger partial charge on any atom is -0.399 e. The Morgan fingerprint density at radius 1 is 1.14 bits per heavy atom. The van der Waals surface area contributed by atoms with Crippen LogP contribution < -0.4 is 11.2 Å². The molecule has 1 aliphatic carbocycles. The lowest BCUT2D eigenvalue weighted by molar-refractivity contribution is -0.122. The lowest BCUT2D eigenvalue weighted by Crippen LogP contribution is -2.21. The Kier molecular flexibility index (Phi) is 3.92. The van der Waals surface area contributed by atoms with E-state index in [-0.39, 0.29) is 11.8 Å². The minimum atomic E-state index is -0.0105. The molecule has 1 saturated carbocycles. The molecule has 2 atom stereocenters. The van der Waals surface area contributed by atoms with Crippen LogP contribution in [0.1, 0.15) is 30.4 Å². The van der Waals surface area contributed by atoms with E-state index in [2.05, 4.69) is 22.7 Å². The van der Waals surface area contributed by atoms with Gasteiger partial charge in [0.2, 0.25) is 5.91 Å². The molecule has 4 nitrogen and oxygen atoms in total. The van der Waals surface area contributed by atoms with E-state index in [4.69, 9.17) is 5.73 Å². The monoisotopic (exact) mass is 293 g/mol. The van der Waals surface area contributed by atoms with Crippen LogP contribution in [0.3, 0.4) is 0 Å². The quantitative estimate of drug-likeness (QED) is 0.517. The number of amides is 1. The number of hydrazone groups is 1. The lowest BCUT2D eigenvalue weighted by Gasteiger charge is -2.03. The summed E-state index contributed by atoms with van der Waals surface area (Å²) in [5, 5.41) is 4.19. The highest BCUT2D eigenvalue weighted by Gasteiger charge is 2.43. The predicted molar refractivity (Wildman–Crippen MR) is 88.5 cm³/mol. The third kappa shape index (κ3) is 3.17. The number of nitrogens with zero attached hydrogens (tertiary/aromatic N) is 1. The third-order valence-electron chi connectivity index (χ3n) is 4.02. The van der Waals surface area contributed by atoms with Crippen LogP contribution in [0.15, 0.2) is 59.7 Å². The molecular weight excluding hydrogens is 274 g/mol. The Hall–Kier alpha value is -2.62. The average molecular weight is 293 g/mol. The molecule has 1 fully saturated rings. The molecule has 1 aliphatic rings. The largest absolute Gasteiger partial charge is 0.399 e. The molecule has 0 aromatic heterocycles. The van der Waals surface area contributed by atoms with Crippen molar-refractivity contribution >= 4 is 17.3 Å². The number of benzene rings is 2. The van der Waals surface area contributed by atoms with Crippen molar-refractivity contribution in [3.8, 4) is 0 Å². The number of nitrogens with one attached hydrogen (secondary N) is 1. The summed E-state index contributed by atoms with van der Waals surface area (Å²) in [6.45, 7) is 1.87. The summed E-state index contributed by atoms with van der Waals surface area (Å²) in [7, 11) is 0. The normalized spacial score (nSPS) is 20.5. The standard InChI is InChI=1S/C18H19N3O/c1-12(13-7-9-15(19)10-8-13)20-21-18(22)17-11-16(17)14-5-3-2-4-6-14/h2-10,16-17H,11,19H2,1H3,(H,21,22). The van der Waals surface area contributed by atoms with Crippen LogP contribution in [0.2, 0.25) is 0 Å². The van der Waals surface area contributed by atoms with Crippen molar-refractivity contribution in [2.24, 2.45) is 11.0 Å². The van der Waals surface area contributed by atoms with Crippen molar-refractivity contribution in [2.45, 2.75) is 19.3 Å². The Labute approximate surface area is 130 Å². The number of carbonyl (C=O) groups excluding carboxylic acids is 1. The van der Waals surface area contributed by atoms with Crippen LogP contribution in [-0.4, -0.2) is 11.6 Å². The molecule has 1 amide bonds. The zero-order valence-electron chi connectivity index (χ0n) is 12.5. The minimum absolute atomic E-state index is 0.0105. The maximum atomic E-state index is 12.1. The Morgan fingerprint density at radius 3 is 2.50 bits per heavy atom. The van der Waals surface area contributed by atoms with Gasteiger partial charge in [-0.2, -0.15) is 5.10 Å². The second-order valence-electron chi connectivity index (χ2n) is 5.65. The number of anilines is 1. The summed E-state index contributed by atoms with van der Waals surface area (Å²) in [6.07, 6.45) is 0.895. The highest BCUT2D eigenvalue weighted by atomic mass is 16.2. The van der Waals surface area contributed by atoms with Gasteiger partial charge in [-0.25, -0.2) is 5.43 Å². The fraction of sp³-hybridized carbons (Fsp3) is 0.222. The van der Waals surface area contributed by atoms with E-state index < -0.39 is 0 Å². The van der Waals surface area contributed by atoms with Gasteiger partial charge in [0, 0.05) is 11.6 Å². The van der Waals surface area contributed by atoms with Gasteiger partial charge in [-0.3, -0.25) is 4.79 Å². The Morgan fingerprint density at radius 2 is 1.82 bits per heavy atom. The van der Waals surface area contributed by atoms with Crippen LogP contribution in [0.5, 0.6) is 0 Å². The zero-order valence-corrected chi connectivity index (χ0v) is 12.5. The molecule has 3 N–H and O–H groups in total. The van der Waals surface area contributed by atoms with E-state index in [0.29, 0.717) is 11.6 Å². The second kappa shape index (κ2) is 6.02. The van der Waals surface area contributed by atoms with Crippen molar-refractivity contribution in [1.82, 2.24) is 5.43 Å². The molecule has 2 aromatic carbocycles. The van der Waals surface area contributed by atoms with Crippen LogP contribution in [0.25, 0.3) is 0 Å². The molecule has 0 heterocycles. The molecule has 112 valence electrons. The van der Waals surface area contributed by atoms with Crippen molar-refractivity contribution < 1.29 is 4.79 Å². The average Bonchev–Trinajstić information content (AvgIpc) is 3.34. The molecule has 2 aromatic rings. The molecule has 4 heteroatoms. The van der Waals surface area contributed by atoms with Crippen molar-refractivity contribution in [3.05, 3.63) is 65.7 Å². The summed E-state index contributed by atoms with van der Waals surface area (Å²) in [4.78, 5) is 12.1. The maximum absolute atomic E-state index is 12.1. The van der Waals surface area contributed by atoms with Gasteiger partial charge in [0.25, 0.3) is 0 Å². The van der Waals surface area contributed by atoms with E-state index in [0.717, 1.165) is 17.7 Å². The molecule has 3 rings (SSSR count). The molecule has 0 spiro atoms. The first-order valence-electron chi connectivity index (χ1n) is 7.40. The summed E-state index contributed by atoms with van der Waals surface area (Å²) in [6, 6.07) is 17.6. The SMILES string of the molecule is CC(=NNC(=O)C1CC1c1ccccc1)c1ccc(N)cc1. The van der Waals surface area contributed by atoms with E-state index in [1.165, 1.54) is 5.56 Å². The van der Waals surface area contributed by atoms with Gasteiger partial charge < -0.3 is 5.73 Å². The van der Waals surface area contributed by atoms with Crippen molar-refractivity contribution in [1.29, 1.82) is 0 Å². The first-order chi connectivity index (χ1) is 10.6. The molecular formula is C18H19N3O. The maximum Gasteiger partial charge on any atom is 0.243 e. The number of hydrogen-bond donors (Lipinski definition) is 2. The molecule has 0 aliphatic heterocycles. The second-order valence-corrected chi connectivity index (χ2v) is 5.65. The van der Waals surface area contributed by atoms with Gasteiger partial charge in [-0.1, -0.05) is 42.5 Å². The smallest absolute Gasteiger partial charge is 0.243 e. The van der Waals surface area contributed by atoms with Crippen LogP contribution in [0.4, 0.5) is 5.69 Å². The molecule has 0 saturated heterocycles. The third-order valence-corrected chi connectivity index (χ3v) is 4.02. The summed E-state index contributed by atoms with van der Waals surface area (Å²) in [5.41, 5.74) is 12.0. The Balaban J connectivity index is 1.59. The molecule has 0 radical (unpaired) electrons. The number of nitrogens with two attached hydrogens (primary N) is 1. The topological polar surface area (TPSA) is 67.5 Å². The van der Waals surface area contributed by atoms with Crippen molar-refractivity contribution in [3.63, 3.8) is 0 Å². The highest BCUT2D eigenvalue weighted by Crippen LogP contribution is 2.47. The number of nitrogen functional groups attached to an aromatic ring is 1. The number of rotatable bonds is 4. The van der Waals surface area contributed by atoms with Gasteiger partial charge in [0.15, 0.2) is 0 Å². The predicted octanol–water partition coefficient (Wildman–Crippen LogP) is 2.91. The summed E-state index contributed by atoms with van der Waals surface area (Å²) >= 11 is 0. The number of carbonyl (C=O) groups is 1. The van der Waals surface area contributed by atoms with Gasteiger partial charge in [0.05, 0.1) is 5.71 Å². The first kappa shape index (κ1) is 14.3. The van der Waals surface area contributed by atoms with E-state index >= 15 is 0 Å². The first-order valence-corrected chi connectivity index (χ1v) is 7.40. The summed E-state index contributed by atoms with van der Waals surface area (Å²) < 4.78 is 0. The van der Waals surface area contributed by atoms with Crippen LogP contribution in [0, 0.1) is 5.92 Å². The van der Waals surface area contributed by atoms with Gasteiger partial charge in [-0.15, -0.1) is 0 Å². The van der Waals surface area contributed by atoms with Gasteiger partial charge >= 0.3 is 0 Å².